The van der Waals surface area contributed by atoms with Crippen molar-refractivity contribution in [2.24, 2.45) is 5.92 Å². The molecule has 6 nitrogen and oxygen atoms in total. The molecule has 0 aromatic carbocycles. The van der Waals surface area contributed by atoms with Gasteiger partial charge in [0.2, 0.25) is 11.8 Å². The third-order valence-electron chi connectivity index (χ3n) is 4.50. The van der Waals surface area contributed by atoms with E-state index in [-0.39, 0.29) is 23.1 Å². The van der Waals surface area contributed by atoms with Gasteiger partial charge >= 0.3 is 0 Å². The molecule has 23 heavy (non-hydrogen) atoms. The molecule has 1 amide bonds. The number of nitrogens with zero attached hydrogens (tertiary/aromatic N) is 2. The van der Waals surface area contributed by atoms with Crippen LogP contribution in [0.25, 0.3) is 0 Å². The Labute approximate surface area is 141 Å². The third-order valence-corrected chi connectivity index (χ3v) is 5.87. The minimum Gasteiger partial charge on any atom is -0.381 e. The molecule has 2 atom stereocenters. The van der Waals surface area contributed by atoms with E-state index in [1.54, 1.807) is 11.8 Å². The van der Waals surface area contributed by atoms with Gasteiger partial charge < -0.3 is 14.6 Å². The number of hydrogen-bond donors (Lipinski definition) is 1. The van der Waals surface area contributed by atoms with E-state index in [1.807, 2.05) is 13.8 Å². The van der Waals surface area contributed by atoms with Crippen molar-refractivity contribution in [1.29, 1.82) is 0 Å². The van der Waals surface area contributed by atoms with E-state index in [2.05, 4.69) is 15.5 Å². The molecule has 0 unspecified atom stereocenters. The Morgan fingerprint density at radius 2 is 2.09 bits per heavy atom. The van der Waals surface area contributed by atoms with E-state index >= 15 is 0 Å². The fourth-order valence-corrected chi connectivity index (χ4v) is 4.24. The predicted molar refractivity (Wildman–Crippen MR) is 88.3 cm³/mol. The molecule has 0 saturated carbocycles. The minimum atomic E-state index is -0.201. The molecule has 7 heteroatoms. The lowest BCUT2D eigenvalue weighted by Crippen LogP contribution is -2.39. The van der Waals surface area contributed by atoms with E-state index in [9.17, 15) is 4.79 Å². The molecule has 1 N–H and O–H groups in total. The van der Waals surface area contributed by atoms with Crippen LogP contribution in [0.5, 0.6) is 0 Å². The van der Waals surface area contributed by atoms with Crippen molar-refractivity contribution in [2.45, 2.75) is 56.7 Å². The SMILES string of the molecule is CC(C)c1noc([C@H](NC(=O)[C@@H]2CCCS2)C2CCOCC2)n1. The fourth-order valence-electron chi connectivity index (χ4n) is 3.07. The number of amides is 1. The molecule has 3 rings (SSSR count). The maximum atomic E-state index is 12.6. The molecule has 0 radical (unpaired) electrons. The summed E-state index contributed by atoms with van der Waals surface area (Å²) >= 11 is 1.74. The van der Waals surface area contributed by atoms with Crippen molar-refractivity contribution >= 4 is 17.7 Å². The van der Waals surface area contributed by atoms with Crippen LogP contribution in [0.15, 0.2) is 4.52 Å². The molecular weight excluding hydrogens is 314 g/mol. The second kappa shape index (κ2) is 7.66. The Bertz CT molecular complexity index is 522. The lowest BCUT2D eigenvalue weighted by Gasteiger charge is -2.29. The van der Waals surface area contributed by atoms with Gasteiger partial charge in [-0.3, -0.25) is 4.79 Å². The lowest BCUT2D eigenvalue weighted by molar-refractivity contribution is -0.122. The van der Waals surface area contributed by atoms with E-state index in [0.29, 0.717) is 17.6 Å². The molecule has 0 aliphatic carbocycles. The Kier molecular flexibility index (Phi) is 5.58. The molecule has 0 spiro atoms. The van der Waals surface area contributed by atoms with Crippen LogP contribution in [0.3, 0.4) is 0 Å². The van der Waals surface area contributed by atoms with Gasteiger partial charge in [-0.15, -0.1) is 11.8 Å². The second-order valence-corrected chi connectivity index (χ2v) is 7.89. The number of ether oxygens (including phenoxy) is 1. The van der Waals surface area contributed by atoms with Gasteiger partial charge in [0.1, 0.15) is 6.04 Å². The summed E-state index contributed by atoms with van der Waals surface area (Å²) in [6.07, 6.45) is 3.88. The van der Waals surface area contributed by atoms with Crippen LogP contribution < -0.4 is 5.32 Å². The fraction of sp³-hybridized carbons (Fsp3) is 0.812. The topological polar surface area (TPSA) is 77.2 Å². The van der Waals surface area contributed by atoms with Gasteiger partial charge in [-0.25, -0.2) is 0 Å². The zero-order valence-corrected chi connectivity index (χ0v) is 14.6. The number of hydrogen-bond acceptors (Lipinski definition) is 6. The average molecular weight is 339 g/mol. The number of carbonyl (C=O) groups excluding carboxylic acids is 1. The van der Waals surface area contributed by atoms with Crippen molar-refractivity contribution in [3.63, 3.8) is 0 Å². The minimum absolute atomic E-state index is 0.0600. The van der Waals surface area contributed by atoms with E-state index in [4.69, 9.17) is 9.26 Å². The average Bonchev–Trinajstić information content (AvgIpc) is 3.24. The normalized spacial score (nSPS) is 24.0. The maximum absolute atomic E-state index is 12.6. The van der Waals surface area contributed by atoms with Crippen LogP contribution >= 0.6 is 11.8 Å². The Morgan fingerprint density at radius 1 is 1.30 bits per heavy atom. The molecule has 1 aromatic heterocycles. The Morgan fingerprint density at radius 3 is 2.70 bits per heavy atom. The van der Waals surface area contributed by atoms with Gasteiger partial charge in [0, 0.05) is 19.1 Å². The summed E-state index contributed by atoms with van der Waals surface area (Å²) in [4.78, 5) is 17.1. The molecule has 2 aliphatic rings. The monoisotopic (exact) mass is 339 g/mol. The largest absolute Gasteiger partial charge is 0.381 e. The number of aromatic nitrogens is 2. The van der Waals surface area contributed by atoms with E-state index in [1.165, 1.54) is 0 Å². The van der Waals surface area contributed by atoms with Crippen LogP contribution in [0.4, 0.5) is 0 Å². The molecular formula is C16H25N3O3S. The first-order valence-corrected chi connectivity index (χ1v) is 9.53. The van der Waals surface area contributed by atoms with Crippen LogP contribution in [0.2, 0.25) is 0 Å². The van der Waals surface area contributed by atoms with E-state index in [0.717, 1.165) is 44.6 Å². The van der Waals surface area contributed by atoms with Gasteiger partial charge in [0.15, 0.2) is 5.82 Å². The van der Waals surface area contributed by atoms with Crippen LogP contribution in [-0.2, 0) is 9.53 Å². The Balaban J connectivity index is 1.75. The summed E-state index contributed by atoms with van der Waals surface area (Å²) in [7, 11) is 0. The van der Waals surface area contributed by atoms with Crippen molar-refractivity contribution in [2.75, 3.05) is 19.0 Å². The molecule has 3 heterocycles. The number of rotatable bonds is 5. The molecule has 2 fully saturated rings. The van der Waals surface area contributed by atoms with Crippen LogP contribution in [0.1, 0.15) is 63.2 Å². The number of carbonyl (C=O) groups is 1. The highest BCUT2D eigenvalue weighted by Crippen LogP contribution is 2.32. The molecule has 1 aromatic rings. The van der Waals surface area contributed by atoms with Crippen molar-refractivity contribution in [3.8, 4) is 0 Å². The van der Waals surface area contributed by atoms with Gasteiger partial charge in [-0.05, 0) is 37.4 Å². The smallest absolute Gasteiger partial charge is 0.249 e. The summed E-state index contributed by atoms with van der Waals surface area (Å²) < 4.78 is 10.9. The Hall–Kier alpha value is -1.08. The zero-order chi connectivity index (χ0) is 16.2. The van der Waals surface area contributed by atoms with Crippen LogP contribution in [-0.4, -0.2) is 40.3 Å². The van der Waals surface area contributed by atoms with Gasteiger partial charge in [-0.2, -0.15) is 4.98 Å². The molecule has 2 aliphatic heterocycles. The highest BCUT2D eigenvalue weighted by atomic mass is 32.2. The van der Waals surface area contributed by atoms with Crippen LogP contribution in [0, 0.1) is 5.92 Å². The first kappa shape index (κ1) is 16.8. The standard InChI is InChI=1S/C16H25N3O3S/c1-10(2)14-18-16(22-19-14)13(11-5-7-21-8-6-11)17-15(20)12-4-3-9-23-12/h10-13H,3-9H2,1-2H3,(H,17,20)/t12-,13+/m0/s1. The first-order chi connectivity index (χ1) is 11.1. The summed E-state index contributed by atoms with van der Waals surface area (Å²) in [5.74, 6) is 2.91. The maximum Gasteiger partial charge on any atom is 0.249 e. The van der Waals surface area contributed by atoms with Crippen molar-refractivity contribution < 1.29 is 14.1 Å². The lowest BCUT2D eigenvalue weighted by atomic mass is 9.91. The quantitative estimate of drug-likeness (QED) is 0.889. The number of thioether (sulfide) groups is 1. The highest BCUT2D eigenvalue weighted by molar-refractivity contribution is 8.00. The van der Waals surface area contributed by atoms with Crippen molar-refractivity contribution in [3.05, 3.63) is 11.7 Å². The molecule has 128 valence electrons. The molecule has 0 bridgehead atoms. The van der Waals surface area contributed by atoms with Gasteiger partial charge in [0.25, 0.3) is 0 Å². The highest BCUT2D eigenvalue weighted by Gasteiger charge is 2.34. The first-order valence-electron chi connectivity index (χ1n) is 8.48. The van der Waals surface area contributed by atoms with Crippen molar-refractivity contribution in [1.82, 2.24) is 15.5 Å². The summed E-state index contributed by atoms with van der Waals surface area (Å²) in [6.45, 7) is 5.51. The zero-order valence-electron chi connectivity index (χ0n) is 13.8. The number of nitrogens with one attached hydrogen (secondary N) is 1. The third kappa shape index (κ3) is 4.07. The summed E-state index contributed by atoms with van der Waals surface area (Å²) in [6, 6.07) is -0.201. The second-order valence-electron chi connectivity index (χ2n) is 6.58. The van der Waals surface area contributed by atoms with Gasteiger partial charge in [-0.1, -0.05) is 19.0 Å². The van der Waals surface area contributed by atoms with Gasteiger partial charge in [0.05, 0.1) is 5.25 Å². The molecule has 2 saturated heterocycles. The summed E-state index contributed by atoms with van der Waals surface area (Å²) in [5, 5.41) is 7.31. The predicted octanol–water partition coefficient (Wildman–Crippen LogP) is 2.67. The summed E-state index contributed by atoms with van der Waals surface area (Å²) in [5.41, 5.74) is 0. The van der Waals surface area contributed by atoms with E-state index < -0.39 is 0 Å².